The molecule has 0 aliphatic heterocycles. The minimum absolute atomic E-state index is 0. The van der Waals surface area contributed by atoms with E-state index >= 15 is 0 Å². The summed E-state index contributed by atoms with van der Waals surface area (Å²) in [5.74, 6) is 0.685. The molecule has 1 rings (SSSR count). The molecule has 140 valence electrons. The van der Waals surface area contributed by atoms with Gasteiger partial charge in [0.1, 0.15) is 0 Å². The molecule has 3 nitrogen and oxygen atoms in total. The second kappa shape index (κ2) is 30.8. The molecule has 0 N–H and O–H groups in total. The molecule has 0 unspecified atom stereocenters. The minimum atomic E-state index is 0. The normalized spacial score (nSPS) is 8.71. The van der Waals surface area contributed by atoms with Crippen LogP contribution < -0.4 is 0 Å². The molecule has 0 bridgehead atoms. The Kier molecular flexibility index (Phi) is 40.7. The van der Waals surface area contributed by atoms with Crippen molar-refractivity contribution in [2.45, 2.75) is 61.3 Å². The third-order valence-corrected chi connectivity index (χ3v) is 2.70. The van der Waals surface area contributed by atoms with Crippen molar-refractivity contribution in [1.82, 2.24) is 0 Å². The first-order chi connectivity index (χ1) is 11.0. The van der Waals surface area contributed by atoms with Crippen LogP contribution in [0.2, 0.25) is 0 Å². The first-order valence-corrected chi connectivity index (χ1v) is 9.16. The van der Waals surface area contributed by atoms with Gasteiger partial charge in [-0.3, -0.25) is 0 Å². The van der Waals surface area contributed by atoms with Crippen LogP contribution >= 0.6 is 0 Å². The minimum Gasteiger partial charge on any atom is -0.663 e. The molecule has 0 aromatic heterocycles. The Morgan fingerprint density at radius 2 is 0.875 bits per heavy atom. The number of hydrogen-bond donors (Lipinski definition) is 0. The Labute approximate surface area is 168 Å². The Morgan fingerprint density at radius 1 is 0.625 bits per heavy atom. The molecule has 0 radical (unpaired) electrons. The van der Waals surface area contributed by atoms with E-state index < -0.39 is 0 Å². The van der Waals surface area contributed by atoms with Gasteiger partial charge < -0.3 is 16.0 Å². The van der Waals surface area contributed by atoms with Gasteiger partial charge in [0.25, 0.3) is 0 Å². The van der Waals surface area contributed by atoms with Crippen molar-refractivity contribution in [3.63, 3.8) is 0 Å². The Hall–Kier alpha value is -0.0557. The topological polar surface area (TPSA) is 42.3 Å². The molecule has 0 aliphatic carbocycles. The molecule has 0 fully saturated rings. The van der Waals surface area contributed by atoms with Crippen LogP contribution in [0.15, 0.2) is 24.3 Å². The van der Waals surface area contributed by atoms with Gasteiger partial charge in [-0.2, -0.15) is 57.0 Å². The zero-order valence-corrected chi connectivity index (χ0v) is 19.0. The number of nitrogens with zero attached hydrogens (tertiary/aromatic N) is 3. The summed E-state index contributed by atoms with van der Waals surface area (Å²) in [6.45, 7) is 22.5. The summed E-state index contributed by atoms with van der Waals surface area (Å²) in [5.41, 5.74) is 1.44. The van der Waals surface area contributed by atoms with E-state index in [2.05, 4.69) is 54.1 Å². The van der Waals surface area contributed by atoms with E-state index in [-0.39, 0.29) is 21.7 Å². The molecular weight excluding hydrogens is 330 g/mol. The summed E-state index contributed by atoms with van der Waals surface area (Å²) in [7, 11) is 0. The zero-order valence-electron chi connectivity index (χ0n) is 17.5. The fourth-order valence-corrected chi connectivity index (χ4v) is 1.44. The van der Waals surface area contributed by atoms with Gasteiger partial charge in [0, 0.05) is 0 Å². The van der Waals surface area contributed by atoms with Crippen molar-refractivity contribution in [3.05, 3.63) is 45.8 Å². The molecule has 0 aliphatic rings. The first-order valence-electron chi connectivity index (χ1n) is 9.16. The van der Waals surface area contributed by atoms with Crippen molar-refractivity contribution in [3.8, 4) is 0 Å². The third-order valence-electron chi connectivity index (χ3n) is 2.70. The average molecular weight is 371 g/mol. The van der Waals surface area contributed by atoms with Gasteiger partial charge in [0.05, 0.1) is 0 Å². The van der Waals surface area contributed by atoms with Crippen LogP contribution in [0, 0.1) is 0 Å². The van der Waals surface area contributed by atoms with Crippen LogP contribution in [0.25, 0.3) is 16.0 Å². The summed E-state index contributed by atoms with van der Waals surface area (Å²) < 4.78 is 0. The second-order valence-electron chi connectivity index (χ2n) is 4.94. The van der Waals surface area contributed by atoms with Crippen LogP contribution in [-0.2, 0) is 21.7 Å². The molecule has 0 amide bonds. The van der Waals surface area contributed by atoms with E-state index in [0.29, 0.717) is 5.92 Å². The van der Waals surface area contributed by atoms with Crippen molar-refractivity contribution < 1.29 is 21.7 Å². The summed E-state index contributed by atoms with van der Waals surface area (Å²) >= 11 is 0. The third kappa shape index (κ3) is 33.5. The van der Waals surface area contributed by atoms with Gasteiger partial charge >= 0.3 is 21.7 Å². The van der Waals surface area contributed by atoms with Gasteiger partial charge in [0.15, 0.2) is 0 Å². The van der Waals surface area contributed by atoms with Gasteiger partial charge in [-0.15, -0.1) is 0 Å². The van der Waals surface area contributed by atoms with Gasteiger partial charge in [-0.1, -0.05) is 61.3 Å². The van der Waals surface area contributed by atoms with Gasteiger partial charge in [-0.25, -0.2) is 12.1 Å². The molecule has 0 spiro atoms. The molecule has 0 saturated carbocycles. The molecule has 24 heavy (non-hydrogen) atoms. The maximum Gasteiger partial charge on any atom is 4.00 e. The van der Waals surface area contributed by atoms with Crippen molar-refractivity contribution in [2.75, 3.05) is 39.3 Å². The molecular formula is C20H41N3Ti. The van der Waals surface area contributed by atoms with Crippen molar-refractivity contribution in [1.29, 1.82) is 0 Å². The zero-order chi connectivity index (χ0) is 18.3. The van der Waals surface area contributed by atoms with E-state index in [0.717, 1.165) is 39.3 Å². The monoisotopic (exact) mass is 371 g/mol. The summed E-state index contributed by atoms with van der Waals surface area (Å²) in [5, 5.41) is 11.9. The van der Waals surface area contributed by atoms with Crippen molar-refractivity contribution >= 4 is 0 Å². The van der Waals surface area contributed by atoms with E-state index in [1.54, 1.807) is 0 Å². The quantitative estimate of drug-likeness (QED) is 0.377. The summed E-state index contributed by atoms with van der Waals surface area (Å²) in [6.07, 6.45) is 0. The maximum atomic E-state index is 3.97. The standard InChI is InChI=1S/C8H11.3C4H10N.Ti/c1-7(2)8-5-3-4-6-8;3*1-3-5-4-2;/h3-7H,1-2H3;3*3-4H2,1-2H3;/q4*-1;+4. The van der Waals surface area contributed by atoms with Crippen LogP contribution in [0.1, 0.15) is 66.9 Å². The van der Waals surface area contributed by atoms with Gasteiger partial charge in [-0.05, 0) is 0 Å². The maximum absolute atomic E-state index is 3.97. The largest absolute Gasteiger partial charge is 4.00 e. The van der Waals surface area contributed by atoms with Crippen LogP contribution in [0.5, 0.6) is 0 Å². The second-order valence-corrected chi connectivity index (χ2v) is 4.94. The smallest absolute Gasteiger partial charge is 0.663 e. The summed E-state index contributed by atoms with van der Waals surface area (Å²) in [4.78, 5) is 0. The van der Waals surface area contributed by atoms with E-state index in [9.17, 15) is 0 Å². The Bertz CT molecular complexity index is 242. The molecule has 0 saturated heterocycles. The van der Waals surface area contributed by atoms with Crippen molar-refractivity contribution in [2.24, 2.45) is 0 Å². The fourth-order valence-electron chi connectivity index (χ4n) is 1.44. The molecule has 0 atom stereocenters. The molecule has 1 aromatic rings. The van der Waals surface area contributed by atoms with E-state index in [4.69, 9.17) is 0 Å². The Morgan fingerprint density at radius 3 is 0.958 bits per heavy atom. The summed E-state index contributed by atoms with van der Waals surface area (Å²) in [6, 6.07) is 8.47. The fraction of sp³-hybridized carbons (Fsp3) is 0.750. The molecule has 0 heterocycles. The number of hydrogen-bond acceptors (Lipinski definition) is 0. The van der Waals surface area contributed by atoms with E-state index in [1.165, 1.54) is 5.56 Å². The average Bonchev–Trinajstić information content (AvgIpc) is 3.06. The predicted octanol–water partition coefficient (Wildman–Crippen LogP) is 6.73. The van der Waals surface area contributed by atoms with E-state index in [1.807, 2.05) is 41.5 Å². The number of rotatable bonds is 7. The van der Waals surface area contributed by atoms with Crippen LogP contribution in [0.4, 0.5) is 0 Å². The van der Waals surface area contributed by atoms with Gasteiger partial charge in [0.2, 0.25) is 0 Å². The molecule has 4 heteroatoms. The van der Waals surface area contributed by atoms with Crippen LogP contribution in [-0.4, -0.2) is 39.3 Å². The molecule has 1 aromatic carbocycles. The van der Waals surface area contributed by atoms with Crippen LogP contribution in [0.3, 0.4) is 0 Å². The SMILES string of the molecule is CC(C)[c-]1cccc1.CC[N-]CC.CC[N-]CC.CC[N-]CC.[Ti+4]. The first kappa shape index (κ1) is 31.7. The Balaban J connectivity index is -0.000000113. The predicted molar refractivity (Wildman–Crippen MR) is 109 cm³/mol.